The number of aliphatic hydroxyl groups excluding tert-OH is 1. The van der Waals surface area contributed by atoms with Gasteiger partial charge in [0.2, 0.25) is 0 Å². The molecule has 1 aromatic heterocycles. The highest BCUT2D eigenvalue weighted by Crippen LogP contribution is 2.39. The maximum atomic E-state index is 10.5. The zero-order valence-corrected chi connectivity index (χ0v) is 14.5. The predicted molar refractivity (Wildman–Crippen MR) is 84.7 cm³/mol. The molecule has 1 heterocycles. The Balaban J connectivity index is 2.49. The Morgan fingerprint density at radius 2 is 1.83 bits per heavy atom. The molecule has 1 atom stereocenters. The van der Waals surface area contributed by atoms with E-state index < -0.39 is 6.10 Å². The molecule has 1 nitrogen and oxygen atoms in total. The van der Waals surface area contributed by atoms with Gasteiger partial charge >= 0.3 is 0 Å². The van der Waals surface area contributed by atoms with Gasteiger partial charge in [-0.2, -0.15) is 0 Å². The Labute approximate surface area is 132 Å². The fraction of sp³-hybridized carbons (Fsp3) is 0.231. The maximum absolute atomic E-state index is 10.5. The van der Waals surface area contributed by atoms with Gasteiger partial charge in [-0.05, 0) is 42.5 Å². The average Bonchev–Trinajstić information content (AvgIpc) is 2.64. The van der Waals surface area contributed by atoms with Gasteiger partial charge in [-0.1, -0.05) is 43.5 Å². The second-order valence-electron chi connectivity index (χ2n) is 4.12. The topological polar surface area (TPSA) is 20.2 Å². The van der Waals surface area contributed by atoms with Crippen molar-refractivity contribution in [1.29, 1.82) is 0 Å². The number of rotatable bonds is 2. The van der Waals surface area contributed by atoms with Gasteiger partial charge in [-0.25, -0.2) is 0 Å². The summed E-state index contributed by atoms with van der Waals surface area (Å²) < 4.78 is 1.86. The molecule has 0 saturated carbocycles. The van der Waals surface area contributed by atoms with Crippen LogP contribution in [0.25, 0.3) is 0 Å². The summed E-state index contributed by atoms with van der Waals surface area (Å²) in [5, 5.41) is 13.1. The summed E-state index contributed by atoms with van der Waals surface area (Å²) in [5.74, 6) is 0. The molecule has 1 aromatic carbocycles. The molecule has 1 N–H and O–H groups in total. The maximum Gasteiger partial charge on any atom is 0.116 e. The van der Waals surface area contributed by atoms with Crippen LogP contribution in [-0.2, 0) is 0 Å². The lowest BCUT2D eigenvalue weighted by atomic mass is 10.1. The van der Waals surface area contributed by atoms with E-state index in [1.165, 1.54) is 11.3 Å². The minimum atomic E-state index is -0.706. The van der Waals surface area contributed by atoms with E-state index in [0.717, 1.165) is 30.5 Å². The van der Waals surface area contributed by atoms with Crippen LogP contribution in [0, 0.1) is 13.8 Å². The molecule has 2 aromatic rings. The first-order valence-electron chi connectivity index (χ1n) is 5.29. The Bertz CT molecular complexity index is 595. The molecule has 0 aliphatic carbocycles. The van der Waals surface area contributed by atoms with Crippen LogP contribution >= 0.6 is 54.8 Å². The number of hydrogen-bond acceptors (Lipinski definition) is 2. The summed E-state index contributed by atoms with van der Waals surface area (Å²) in [6, 6.07) is 3.91. The molecule has 2 rings (SSSR count). The fourth-order valence-corrected chi connectivity index (χ4v) is 3.98. The van der Waals surface area contributed by atoms with Crippen molar-refractivity contribution >= 4 is 54.8 Å². The molecule has 5 heteroatoms. The first kappa shape index (κ1) is 14.5. The van der Waals surface area contributed by atoms with Crippen molar-refractivity contribution in [2.45, 2.75) is 20.0 Å². The second kappa shape index (κ2) is 5.63. The van der Waals surface area contributed by atoms with Gasteiger partial charge in [0.15, 0.2) is 0 Å². The number of benzene rings is 1. The fourth-order valence-electron chi connectivity index (χ4n) is 1.65. The third-order valence-corrected chi connectivity index (χ3v) is 6.05. The molecule has 0 spiro atoms. The molecule has 0 radical (unpaired) electrons. The van der Waals surface area contributed by atoms with Crippen molar-refractivity contribution in [2.75, 3.05) is 0 Å². The number of hydrogen-bond donors (Lipinski definition) is 1. The van der Waals surface area contributed by atoms with Crippen LogP contribution in [0.3, 0.4) is 0 Å². The monoisotopic (exact) mass is 408 g/mol. The van der Waals surface area contributed by atoms with Gasteiger partial charge in [0, 0.05) is 14.5 Å². The van der Waals surface area contributed by atoms with Gasteiger partial charge in [0.1, 0.15) is 6.10 Å². The summed E-state index contributed by atoms with van der Waals surface area (Å²) in [5.41, 5.74) is 2.93. The van der Waals surface area contributed by atoms with Crippen molar-refractivity contribution in [3.8, 4) is 0 Å². The summed E-state index contributed by atoms with van der Waals surface area (Å²) in [4.78, 5) is 0.783. The van der Waals surface area contributed by atoms with Crippen LogP contribution in [0.1, 0.15) is 27.7 Å². The normalized spacial score (nSPS) is 12.8. The van der Waals surface area contributed by atoms with Crippen molar-refractivity contribution in [2.24, 2.45) is 0 Å². The van der Waals surface area contributed by atoms with Crippen LogP contribution in [0.15, 0.2) is 26.5 Å². The SMILES string of the molecule is Cc1cc(Br)c(C(O)c2scc(C)c2Cl)cc1Br. The number of aryl methyl sites for hydroxylation is 2. The van der Waals surface area contributed by atoms with E-state index in [4.69, 9.17) is 11.6 Å². The standard InChI is InChI=1S/C13H11Br2ClOS/c1-6-3-10(15)8(4-9(6)14)12(17)13-11(16)7(2)5-18-13/h3-5,12,17H,1-2H3. The molecule has 0 bridgehead atoms. The van der Waals surface area contributed by atoms with Crippen molar-refractivity contribution < 1.29 is 5.11 Å². The van der Waals surface area contributed by atoms with E-state index in [-0.39, 0.29) is 0 Å². The van der Waals surface area contributed by atoms with Crippen LogP contribution < -0.4 is 0 Å². The van der Waals surface area contributed by atoms with Crippen LogP contribution in [-0.4, -0.2) is 5.11 Å². The van der Waals surface area contributed by atoms with Crippen LogP contribution in [0.5, 0.6) is 0 Å². The van der Waals surface area contributed by atoms with Gasteiger partial charge in [0.25, 0.3) is 0 Å². The Hall–Kier alpha value is 0.130. The highest BCUT2D eigenvalue weighted by atomic mass is 79.9. The third kappa shape index (κ3) is 2.68. The lowest BCUT2D eigenvalue weighted by molar-refractivity contribution is 0.223. The Morgan fingerprint density at radius 1 is 1.17 bits per heavy atom. The van der Waals surface area contributed by atoms with E-state index in [2.05, 4.69) is 31.9 Å². The number of thiophene rings is 1. The van der Waals surface area contributed by atoms with E-state index in [0.29, 0.717) is 5.02 Å². The molecule has 18 heavy (non-hydrogen) atoms. The second-order valence-corrected chi connectivity index (χ2v) is 7.12. The van der Waals surface area contributed by atoms with Crippen LogP contribution in [0.4, 0.5) is 0 Å². The zero-order valence-electron chi connectivity index (χ0n) is 9.80. The minimum absolute atomic E-state index is 0.649. The predicted octanol–water partition coefficient (Wildman–Crippen LogP) is 5.63. The minimum Gasteiger partial charge on any atom is -0.383 e. The van der Waals surface area contributed by atoms with E-state index in [9.17, 15) is 5.11 Å². The summed E-state index contributed by atoms with van der Waals surface area (Å²) >= 11 is 14.7. The zero-order chi connectivity index (χ0) is 13.4. The molecule has 0 aliphatic rings. The van der Waals surface area contributed by atoms with Crippen molar-refractivity contribution in [3.63, 3.8) is 0 Å². The molecule has 96 valence electrons. The number of halogens is 3. The average molecular weight is 411 g/mol. The van der Waals surface area contributed by atoms with E-state index in [1.54, 1.807) is 0 Å². The van der Waals surface area contributed by atoms with E-state index >= 15 is 0 Å². The third-order valence-electron chi connectivity index (χ3n) is 2.75. The van der Waals surface area contributed by atoms with Gasteiger partial charge in [0.05, 0.1) is 9.90 Å². The molecular weight excluding hydrogens is 399 g/mol. The van der Waals surface area contributed by atoms with Crippen molar-refractivity contribution in [1.82, 2.24) is 0 Å². The lowest BCUT2D eigenvalue weighted by Gasteiger charge is -2.14. The largest absolute Gasteiger partial charge is 0.383 e. The highest BCUT2D eigenvalue weighted by molar-refractivity contribution is 9.11. The number of aliphatic hydroxyl groups is 1. The quantitative estimate of drug-likeness (QED) is 0.681. The lowest BCUT2D eigenvalue weighted by Crippen LogP contribution is -2.00. The first-order valence-corrected chi connectivity index (χ1v) is 8.13. The summed E-state index contributed by atoms with van der Waals surface area (Å²) in [7, 11) is 0. The molecule has 0 fully saturated rings. The summed E-state index contributed by atoms with van der Waals surface area (Å²) in [6.07, 6.45) is -0.706. The van der Waals surface area contributed by atoms with Gasteiger partial charge < -0.3 is 5.11 Å². The Kier molecular flexibility index (Phi) is 4.55. The van der Waals surface area contributed by atoms with Crippen LogP contribution in [0.2, 0.25) is 5.02 Å². The highest BCUT2D eigenvalue weighted by Gasteiger charge is 2.20. The molecule has 1 unspecified atom stereocenters. The molecule has 0 aliphatic heterocycles. The van der Waals surface area contributed by atoms with E-state index in [1.807, 2.05) is 31.4 Å². The smallest absolute Gasteiger partial charge is 0.116 e. The Morgan fingerprint density at radius 3 is 2.39 bits per heavy atom. The molecule has 0 saturated heterocycles. The molecule has 0 amide bonds. The van der Waals surface area contributed by atoms with Gasteiger partial charge in [-0.15, -0.1) is 11.3 Å². The molecular formula is C13H11Br2ClOS. The van der Waals surface area contributed by atoms with Crippen molar-refractivity contribution in [3.05, 3.63) is 53.0 Å². The summed E-state index contributed by atoms with van der Waals surface area (Å²) in [6.45, 7) is 3.95. The first-order chi connectivity index (χ1) is 8.41. The van der Waals surface area contributed by atoms with Gasteiger partial charge in [-0.3, -0.25) is 0 Å².